The minimum atomic E-state index is 0.137. The molecule has 6 heteroatoms. The molecular formula is C21H26ClN3OS. The van der Waals surface area contributed by atoms with Crippen molar-refractivity contribution in [1.29, 1.82) is 0 Å². The smallest absolute Gasteiger partial charge is 0.220 e. The van der Waals surface area contributed by atoms with E-state index in [0.717, 1.165) is 50.0 Å². The molecule has 0 atom stereocenters. The van der Waals surface area contributed by atoms with Crippen LogP contribution in [0.2, 0.25) is 5.02 Å². The monoisotopic (exact) mass is 403 g/mol. The van der Waals surface area contributed by atoms with Gasteiger partial charge in [-0.15, -0.1) is 11.8 Å². The van der Waals surface area contributed by atoms with Crippen molar-refractivity contribution in [2.24, 2.45) is 0 Å². The van der Waals surface area contributed by atoms with Crippen LogP contribution < -0.4 is 10.2 Å². The first-order valence-electron chi connectivity index (χ1n) is 9.38. The fraction of sp³-hybridized carbons (Fsp3) is 0.381. The summed E-state index contributed by atoms with van der Waals surface area (Å²) >= 11 is 7.68. The first-order valence-corrected chi connectivity index (χ1v) is 10.7. The average Bonchev–Trinajstić information content (AvgIpc) is 2.70. The molecule has 1 aliphatic heterocycles. The molecule has 2 aromatic carbocycles. The van der Waals surface area contributed by atoms with Gasteiger partial charge in [0.25, 0.3) is 0 Å². The molecule has 3 rings (SSSR count). The van der Waals surface area contributed by atoms with Crippen molar-refractivity contribution in [3.63, 3.8) is 0 Å². The number of benzene rings is 2. The molecule has 144 valence electrons. The number of hydrogen-bond donors (Lipinski definition) is 1. The molecule has 4 nitrogen and oxygen atoms in total. The van der Waals surface area contributed by atoms with E-state index in [2.05, 4.69) is 39.4 Å². The zero-order valence-corrected chi connectivity index (χ0v) is 17.0. The number of amides is 1. The maximum Gasteiger partial charge on any atom is 0.220 e. The fourth-order valence-electron chi connectivity index (χ4n) is 3.10. The van der Waals surface area contributed by atoms with E-state index in [0.29, 0.717) is 6.42 Å². The number of carbonyl (C=O) groups is 1. The van der Waals surface area contributed by atoms with Crippen molar-refractivity contribution < 1.29 is 4.79 Å². The minimum absolute atomic E-state index is 0.137. The maximum atomic E-state index is 12.0. The van der Waals surface area contributed by atoms with Gasteiger partial charge in [-0.05, 0) is 36.4 Å². The third kappa shape index (κ3) is 6.76. The topological polar surface area (TPSA) is 35.6 Å². The van der Waals surface area contributed by atoms with Crippen LogP contribution in [-0.4, -0.2) is 55.8 Å². The van der Waals surface area contributed by atoms with Crippen LogP contribution in [-0.2, 0) is 4.79 Å². The highest BCUT2D eigenvalue weighted by molar-refractivity contribution is 7.99. The van der Waals surface area contributed by atoms with E-state index in [1.54, 1.807) is 11.8 Å². The molecule has 0 aromatic heterocycles. The predicted octanol–water partition coefficient (Wildman–Crippen LogP) is 3.76. The van der Waals surface area contributed by atoms with Crippen molar-refractivity contribution in [2.75, 3.05) is 49.9 Å². The lowest BCUT2D eigenvalue weighted by Crippen LogP contribution is -2.48. The van der Waals surface area contributed by atoms with E-state index < -0.39 is 0 Å². The van der Waals surface area contributed by atoms with Crippen LogP contribution in [0.15, 0.2) is 59.5 Å². The molecule has 0 spiro atoms. The Morgan fingerprint density at radius 3 is 2.41 bits per heavy atom. The second-order valence-corrected chi connectivity index (χ2v) is 8.17. The van der Waals surface area contributed by atoms with Gasteiger partial charge in [-0.25, -0.2) is 0 Å². The lowest BCUT2D eigenvalue weighted by molar-refractivity contribution is -0.120. The molecule has 0 aliphatic carbocycles. The molecule has 1 heterocycles. The molecule has 0 saturated carbocycles. The second kappa shape index (κ2) is 10.6. The normalized spacial score (nSPS) is 14.9. The number of anilines is 1. The molecule has 2 aromatic rings. The molecule has 1 amide bonds. The molecule has 1 saturated heterocycles. The van der Waals surface area contributed by atoms with Crippen LogP contribution in [0.3, 0.4) is 0 Å². The van der Waals surface area contributed by atoms with E-state index in [1.807, 2.05) is 30.3 Å². The summed E-state index contributed by atoms with van der Waals surface area (Å²) in [4.78, 5) is 18.0. The van der Waals surface area contributed by atoms with E-state index in [1.165, 1.54) is 10.6 Å². The quantitative estimate of drug-likeness (QED) is 0.681. The number of halogens is 1. The third-order valence-corrected chi connectivity index (χ3v) is 5.92. The first-order chi connectivity index (χ1) is 13.2. The molecule has 1 aliphatic rings. The maximum absolute atomic E-state index is 12.0. The van der Waals surface area contributed by atoms with Gasteiger partial charge < -0.3 is 10.2 Å². The summed E-state index contributed by atoms with van der Waals surface area (Å²) in [6, 6.07) is 18.2. The lowest BCUT2D eigenvalue weighted by Gasteiger charge is -2.36. The Bertz CT molecular complexity index is 703. The van der Waals surface area contributed by atoms with Crippen LogP contribution in [0.1, 0.15) is 6.42 Å². The van der Waals surface area contributed by atoms with Gasteiger partial charge in [0, 0.05) is 67.0 Å². The Morgan fingerprint density at radius 2 is 1.70 bits per heavy atom. The third-order valence-electron chi connectivity index (χ3n) is 4.66. The number of thioether (sulfide) groups is 1. The average molecular weight is 404 g/mol. The zero-order valence-electron chi connectivity index (χ0n) is 15.4. The SMILES string of the molecule is O=C(CCSc1ccccc1)NCCN1CCN(c2ccc(Cl)cc2)CC1. The van der Waals surface area contributed by atoms with Gasteiger partial charge in [0.05, 0.1) is 0 Å². The van der Waals surface area contributed by atoms with Crippen molar-refractivity contribution in [3.8, 4) is 0 Å². The fourth-order valence-corrected chi connectivity index (χ4v) is 4.10. The van der Waals surface area contributed by atoms with Gasteiger partial charge in [-0.3, -0.25) is 9.69 Å². The molecule has 1 N–H and O–H groups in total. The van der Waals surface area contributed by atoms with E-state index >= 15 is 0 Å². The minimum Gasteiger partial charge on any atom is -0.369 e. The van der Waals surface area contributed by atoms with Crippen LogP contribution in [0.25, 0.3) is 0 Å². The standard InChI is InChI=1S/C21H26ClN3OS/c22-18-6-8-19(9-7-18)25-15-13-24(14-16-25)12-11-23-21(26)10-17-27-20-4-2-1-3-5-20/h1-9H,10-17H2,(H,23,26). The van der Waals surface area contributed by atoms with E-state index in [-0.39, 0.29) is 5.91 Å². The van der Waals surface area contributed by atoms with Crippen LogP contribution >= 0.6 is 23.4 Å². The van der Waals surface area contributed by atoms with Gasteiger partial charge >= 0.3 is 0 Å². The largest absolute Gasteiger partial charge is 0.369 e. The summed E-state index contributed by atoms with van der Waals surface area (Å²) in [7, 11) is 0. The second-order valence-electron chi connectivity index (χ2n) is 6.57. The van der Waals surface area contributed by atoms with E-state index in [9.17, 15) is 4.79 Å². The number of piperazine rings is 1. The van der Waals surface area contributed by atoms with Gasteiger partial charge in [-0.2, -0.15) is 0 Å². The molecular weight excluding hydrogens is 378 g/mol. The predicted molar refractivity (Wildman–Crippen MR) is 115 cm³/mol. The summed E-state index contributed by atoms with van der Waals surface area (Å²) < 4.78 is 0. The number of rotatable bonds is 8. The highest BCUT2D eigenvalue weighted by Gasteiger charge is 2.16. The van der Waals surface area contributed by atoms with Crippen molar-refractivity contribution in [3.05, 3.63) is 59.6 Å². The highest BCUT2D eigenvalue weighted by atomic mass is 35.5. The van der Waals surface area contributed by atoms with Gasteiger partial charge in [0.1, 0.15) is 0 Å². The Morgan fingerprint density at radius 1 is 1.00 bits per heavy atom. The van der Waals surface area contributed by atoms with E-state index in [4.69, 9.17) is 11.6 Å². The zero-order chi connectivity index (χ0) is 18.9. The summed E-state index contributed by atoms with van der Waals surface area (Å²) in [6.07, 6.45) is 0.559. The van der Waals surface area contributed by atoms with Gasteiger partial charge in [0.2, 0.25) is 5.91 Å². The number of hydrogen-bond acceptors (Lipinski definition) is 4. The summed E-state index contributed by atoms with van der Waals surface area (Å²) in [5, 5.41) is 3.82. The van der Waals surface area contributed by atoms with Crippen molar-refractivity contribution in [1.82, 2.24) is 10.2 Å². The molecule has 0 bridgehead atoms. The van der Waals surface area contributed by atoms with Crippen molar-refractivity contribution >= 4 is 35.0 Å². The Balaban J connectivity index is 1.27. The van der Waals surface area contributed by atoms with Gasteiger partial charge in [-0.1, -0.05) is 29.8 Å². The summed E-state index contributed by atoms with van der Waals surface area (Å²) in [5.74, 6) is 0.952. The molecule has 0 radical (unpaired) electrons. The molecule has 27 heavy (non-hydrogen) atoms. The Kier molecular flexibility index (Phi) is 7.87. The van der Waals surface area contributed by atoms with Crippen LogP contribution in [0.5, 0.6) is 0 Å². The Labute approximate surface area is 170 Å². The Hall–Kier alpha value is -1.69. The van der Waals surface area contributed by atoms with Gasteiger partial charge in [0.15, 0.2) is 0 Å². The van der Waals surface area contributed by atoms with Crippen molar-refractivity contribution in [2.45, 2.75) is 11.3 Å². The summed E-state index contributed by atoms with van der Waals surface area (Å²) in [6.45, 7) is 5.67. The summed E-state index contributed by atoms with van der Waals surface area (Å²) in [5.41, 5.74) is 1.23. The highest BCUT2D eigenvalue weighted by Crippen LogP contribution is 2.19. The number of nitrogens with zero attached hydrogens (tertiary/aromatic N) is 2. The lowest BCUT2D eigenvalue weighted by atomic mass is 10.2. The number of nitrogens with one attached hydrogen (secondary N) is 1. The molecule has 0 unspecified atom stereocenters. The number of carbonyl (C=O) groups excluding carboxylic acids is 1. The van der Waals surface area contributed by atoms with Crippen LogP contribution in [0, 0.1) is 0 Å². The first kappa shape index (κ1) is 20.1. The molecule has 1 fully saturated rings. The van der Waals surface area contributed by atoms with Crippen LogP contribution in [0.4, 0.5) is 5.69 Å².